The molecule has 1 atom stereocenters. The van der Waals surface area contributed by atoms with Crippen LogP contribution in [0.3, 0.4) is 0 Å². The highest BCUT2D eigenvalue weighted by molar-refractivity contribution is 5.85. The van der Waals surface area contributed by atoms with Crippen LogP contribution in [-0.2, 0) is 0 Å². The number of aliphatic hydroxyl groups is 1. The Kier molecular flexibility index (Phi) is 3.36. The zero-order valence-corrected chi connectivity index (χ0v) is 5.82. The first-order valence-corrected chi connectivity index (χ1v) is 2.65. The molecule has 1 N–H and O–H groups in total. The number of halogens is 1. The number of aliphatic hydroxyl groups excluding tert-OH is 1. The minimum absolute atomic E-state index is 0. The van der Waals surface area contributed by atoms with Gasteiger partial charge in [0.15, 0.2) is 0 Å². The highest BCUT2D eigenvalue weighted by Gasteiger charge is 2.14. The van der Waals surface area contributed by atoms with Crippen molar-refractivity contribution in [3.8, 4) is 0 Å². The summed E-state index contributed by atoms with van der Waals surface area (Å²) in [5.74, 6) is 0. The molecule has 3 heteroatoms. The van der Waals surface area contributed by atoms with Gasteiger partial charge < -0.3 is 10.0 Å². The van der Waals surface area contributed by atoms with Crippen LogP contribution in [0.4, 0.5) is 0 Å². The van der Waals surface area contributed by atoms with Gasteiger partial charge in [0.1, 0.15) is 0 Å². The van der Waals surface area contributed by atoms with Gasteiger partial charge in [-0.15, -0.1) is 12.4 Å². The van der Waals surface area contributed by atoms with Crippen molar-refractivity contribution in [1.29, 1.82) is 0 Å². The van der Waals surface area contributed by atoms with Crippen LogP contribution in [0.1, 0.15) is 6.42 Å². The van der Waals surface area contributed by atoms with Crippen molar-refractivity contribution in [3.05, 3.63) is 0 Å². The number of hydrogen-bond acceptors (Lipinski definition) is 2. The number of rotatable bonds is 0. The van der Waals surface area contributed by atoms with Gasteiger partial charge in [-0.25, -0.2) is 0 Å². The highest BCUT2D eigenvalue weighted by Crippen LogP contribution is 2.03. The lowest BCUT2D eigenvalue weighted by molar-refractivity contribution is 0.183. The van der Waals surface area contributed by atoms with Gasteiger partial charge in [-0.2, -0.15) is 0 Å². The molecule has 0 spiro atoms. The second-order valence-electron chi connectivity index (χ2n) is 2.20. The molecule has 0 bridgehead atoms. The minimum Gasteiger partial charge on any atom is -0.392 e. The van der Waals surface area contributed by atoms with Crippen molar-refractivity contribution in [2.45, 2.75) is 12.5 Å². The number of likely N-dealkylation sites (N-methyl/N-ethyl adjacent to an activating group) is 1. The topological polar surface area (TPSA) is 23.5 Å². The maximum Gasteiger partial charge on any atom is 0.0679 e. The summed E-state index contributed by atoms with van der Waals surface area (Å²) in [5, 5.41) is 8.86. The van der Waals surface area contributed by atoms with Gasteiger partial charge >= 0.3 is 0 Å². The van der Waals surface area contributed by atoms with Gasteiger partial charge in [-0.05, 0) is 13.5 Å². The highest BCUT2D eigenvalue weighted by atomic mass is 35.5. The second kappa shape index (κ2) is 3.28. The van der Waals surface area contributed by atoms with E-state index in [2.05, 4.69) is 4.90 Å². The van der Waals surface area contributed by atoms with Crippen LogP contribution < -0.4 is 0 Å². The van der Waals surface area contributed by atoms with E-state index in [0.29, 0.717) is 0 Å². The van der Waals surface area contributed by atoms with Crippen LogP contribution in [0.2, 0.25) is 0 Å². The van der Waals surface area contributed by atoms with E-state index in [1.807, 2.05) is 7.05 Å². The Morgan fingerprint density at radius 1 is 1.62 bits per heavy atom. The van der Waals surface area contributed by atoms with E-state index in [1.54, 1.807) is 0 Å². The van der Waals surface area contributed by atoms with Gasteiger partial charge in [0, 0.05) is 13.1 Å². The Morgan fingerprint density at radius 2 is 2.25 bits per heavy atom. The van der Waals surface area contributed by atoms with Gasteiger partial charge in [0.2, 0.25) is 0 Å². The standard InChI is InChI=1S/C5H11NO.ClH/c1-6-3-2-5(7)4-6;/h5,7H,2-4H2,1H3;1H/t5-;/m0./s1. The molecular formula is C5H12ClNO. The second-order valence-corrected chi connectivity index (χ2v) is 2.20. The Labute approximate surface area is 55.9 Å². The molecule has 8 heavy (non-hydrogen) atoms. The van der Waals surface area contributed by atoms with Crippen LogP contribution in [0, 0.1) is 0 Å². The van der Waals surface area contributed by atoms with Crippen molar-refractivity contribution >= 4 is 12.4 Å². The maximum atomic E-state index is 8.86. The molecule has 2 nitrogen and oxygen atoms in total. The molecule has 0 aliphatic carbocycles. The van der Waals surface area contributed by atoms with Gasteiger partial charge in [-0.3, -0.25) is 0 Å². The molecule has 1 heterocycles. The molecule has 1 aliphatic rings. The molecule has 50 valence electrons. The Bertz CT molecular complexity index is 61.4. The molecule has 1 aliphatic heterocycles. The first kappa shape index (κ1) is 8.21. The summed E-state index contributed by atoms with van der Waals surface area (Å²) in [7, 11) is 2.02. The van der Waals surface area contributed by atoms with E-state index >= 15 is 0 Å². The average Bonchev–Trinajstić information content (AvgIpc) is 1.87. The molecule has 0 saturated carbocycles. The number of β-amino-alcohol motifs (C(OH)–C–C–N with tert-alkyl or cyclic N) is 1. The molecule has 1 fully saturated rings. The molecule has 0 aromatic rings. The first-order valence-electron chi connectivity index (χ1n) is 2.65. The van der Waals surface area contributed by atoms with Crippen molar-refractivity contribution in [3.63, 3.8) is 0 Å². The predicted octanol–water partition coefficient (Wildman–Crippen LogP) is 0.105. The lowest BCUT2D eigenvalue weighted by atomic mass is 10.3. The van der Waals surface area contributed by atoms with Crippen LogP contribution in [0.15, 0.2) is 0 Å². The van der Waals surface area contributed by atoms with Gasteiger partial charge in [0.05, 0.1) is 6.10 Å². The predicted molar refractivity (Wildman–Crippen MR) is 35.4 cm³/mol. The number of likely N-dealkylation sites (tertiary alicyclic amines) is 1. The molecule has 0 amide bonds. The minimum atomic E-state index is -0.0509. The van der Waals surface area contributed by atoms with Crippen molar-refractivity contribution in [2.24, 2.45) is 0 Å². The smallest absolute Gasteiger partial charge is 0.0679 e. The van der Waals surface area contributed by atoms with Crippen LogP contribution in [0.5, 0.6) is 0 Å². The lowest BCUT2D eigenvalue weighted by Gasteiger charge is -2.02. The summed E-state index contributed by atoms with van der Waals surface area (Å²) in [4.78, 5) is 2.13. The molecular weight excluding hydrogens is 126 g/mol. The molecule has 0 unspecified atom stereocenters. The summed E-state index contributed by atoms with van der Waals surface area (Å²) >= 11 is 0. The average molecular weight is 138 g/mol. The van der Waals surface area contributed by atoms with E-state index in [9.17, 15) is 0 Å². The third-order valence-corrected chi connectivity index (χ3v) is 1.37. The third-order valence-electron chi connectivity index (χ3n) is 1.37. The molecule has 1 saturated heterocycles. The number of hydrogen-bond donors (Lipinski definition) is 1. The van der Waals surface area contributed by atoms with E-state index in [0.717, 1.165) is 19.5 Å². The quantitative estimate of drug-likeness (QED) is 0.512. The molecule has 0 aromatic heterocycles. The largest absolute Gasteiger partial charge is 0.392 e. The van der Waals surface area contributed by atoms with Crippen LogP contribution in [-0.4, -0.2) is 36.2 Å². The Morgan fingerprint density at radius 3 is 2.38 bits per heavy atom. The zero-order valence-electron chi connectivity index (χ0n) is 5.00. The van der Waals surface area contributed by atoms with Crippen molar-refractivity contribution in [1.82, 2.24) is 4.90 Å². The number of nitrogens with zero attached hydrogens (tertiary/aromatic N) is 1. The summed E-state index contributed by atoms with van der Waals surface area (Å²) in [6.07, 6.45) is 0.904. The van der Waals surface area contributed by atoms with Crippen molar-refractivity contribution in [2.75, 3.05) is 20.1 Å². The zero-order chi connectivity index (χ0) is 5.28. The monoisotopic (exact) mass is 137 g/mol. The van der Waals surface area contributed by atoms with Crippen molar-refractivity contribution < 1.29 is 5.11 Å². The SMILES string of the molecule is CN1CC[C@H](O)C1.Cl. The first-order chi connectivity index (χ1) is 3.29. The third kappa shape index (κ3) is 1.99. The van der Waals surface area contributed by atoms with E-state index in [4.69, 9.17) is 5.11 Å². The fraction of sp³-hybridized carbons (Fsp3) is 1.00. The molecule has 0 aromatic carbocycles. The maximum absolute atomic E-state index is 8.86. The lowest BCUT2D eigenvalue weighted by Crippen LogP contribution is -2.15. The summed E-state index contributed by atoms with van der Waals surface area (Å²) in [6, 6.07) is 0. The normalized spacial score (nSPS) is 30.0. The molecule has 0 radical (unpaired) electrons. The van der Waals surface area contributed by atoms with E-state index in [-0.39, 0.29) is 18.5 Å². The van der Waals surface area contributed by atoms with Crippen LogP contribution in [0.25, 0.3) is 0 Å². The summed E-state index contributed by atoms with van der Waals surface area (Å²) in [5.41, 5.74) is 0. The Balaban J connectivity index is 0.000000490. The fourth-order valence-corrected chi connectivity index (χ4v) is 0.912. The molecule has 1 rings (SSSR count). The summed E-state index contributed by atoms with van der Waals surface area (Å²) < 4.78 is 0. The fourth-order valence-electron chi connectivity index (χ4n) is 0.912. The van der Waals surface area contributed by atoms with Gasteiger partial charge in [-0.1, -0.05) is 0 Å². The van der Waals surface area contributed by atoms with E-state index < -0.39 is 0 Å². The van der Waals surface area contributed by atoms with Gasteiger partial charge in [0.25, 0.3) is 0 Å². The summed E-state index contributed by atoms with van der Waals surface area (Å²) in [6.45, 7) is 1.92. The Hall–Kier alpha value is 0.210. The van der Waals surface area contributed by atoms with Crippen LogP contribution >= 0.6 is 12.4 Å². The van der Waals surface area contributed by atoms with E-state index in [1.165, 1.54) is 0 Å².